The van der Waals surface area contributed by atoms with E-state index in [-0.39, 0.29) is 51.3 Å². The number of amides is 3. The van der Waals surface area contributed by atoms with Crippen LogP contribution in [0.25, 0.3) is 0 Å². The molecular weight excluding hydrogens is 280 g/mol. The van der Waals surface area contributed by atoms with Crippen molar-refractivity contribution in [3.63, 3.8) is 0 Å². The third kappa shape index (κ3) is 6.05. The molecule has 1 fully saturated rings. The van der Waals surface area contributed by atoms with E-state index >= 15 is 0 Å². The fourth-order valence-electron chi connectivity index (χ4n) is 1.48. The summed E-state index contributed by atoms with van der Waals surface area (Å²) in [6.45, 7) is 0.546. The minimum Gasteiger partial charge on any atom is -0.379 e. The topological polar surface area (TPSA) is 102 Å². The zero-order valence-electron chi connectivity index (χ0n) is 11.4. The van der Waals surface area contributed by atoms with Crippen molar-refractivity contribution in [3.8, 4) is 12.3 Å². The molecule has 21 heavy (non-hydrogen) atoms. The summed E-state index contributed by atoms with van der Waals surface area (Å²) in [4.78, 5) is 49.4. The number of hydrogen-bond acceptors (Lipinski definition) is 6. The van der Waals surface area contributed by atoms with Gasteiger partial charge in [0.05, 0.1) is 26.1 Å². The number of imide groups is 1. The van der Waals surface area contributed by atoms with E-state index in [0.717, 1.165) is 0 Å². The number of carbonyl (C=O) groups is 4. The molecule has 0 aromatic heterocycles. The van der Waals surface area contributed by atoms with Crippen molar-refractivity contribution in [1.29, 1.82) is 0 Å². The summed E-state index contributed by atoms with van der Waals surface area (Å²) in [6, 6.07) is 0. The average Bonchev–Trinajstić information content (AvgIpc) is 2.75. The van der Waals surface area contributed by atoms with Crippen LogP contribution in [-0.2, 0) is 28.8 Å². The Hall–Kier alpha value is -2.40. The quantitative estimate of drug-likeness (QED) is 0.355. The average molecular weight is 296 g/mol. The zero-order chi connectivity index (χ0) is 15.7. The maximum Gasteiger partial charge on any atom is 0.335 e. The highest BCUT2D eigenvalue weighted by Gasteiger charge is 2.32. The van der Waals surface area contributed by atoms with Crippen LogP contribution in [0.5, 0.6) is 0 Å². The molecule has 0 atom stereocenters. The third-order valence-electron chi connectivity index (χ3n) is 2.48. The predicted octanol–water partition coefficient (Wildman–Crippen LogP) is -0.860. The normalized spacial score (nSPS) is 14.0. The van der Waals surface area contributed by atoms with Gasteiger partial charge in [-0.15, -0.1) is 11.5 Å². The van der Waals surface area contributed by atoms with Gasteiger partial charge in [-0.2, -0.15) is 0 Å². The van der Waals surface area contributed by atoms with E-state index in [2.05, 4.69) is 16.1 Å². The van der Waals surface area contributed by atoms with Crippen LogP contribution in [0.15, 0.2) is 0 Å². The number of rotatable bonds is 8. The zero-order valence-corrected chi connectivity index (χ0v) is 11.4. The Kier molecular flexibility index (Phi) is 6.91. The molecule has 1 rings (SSSR count). The van der Waals surface area contributed by atoms with Gasteiger partial charge in [0.1, 0.15) is 0 Å². The van der Waals surface area contributed by atoms with Gasteiger partial charge in [0.2, 0.25) is 5.91 Å². The van der Waals surface area contributed by atoms with Gasteiger partial charge < -0.3 is 14.9 Å². The summed E-state index contributed by atoms with van der Waals surface area (Å²) >= 11 is 0. The summed E-state index contributed by atoms with van der Waals surface area (Å²) in [5.41, 5.74) is 0. The van der Waals surface area contributed by atoms with Crippen molar-refractivity contribution in [3.05, 3.63) is 0 Å². The first-order valence-corrected chi connectivity index (χ1v) is 6.39. The standard InChI is InChI=1S/C13H16N2O6/c1-2-3-10(16)14-7-9-20-8-6-13(19)21-15-11(17)4-5-12(15)18/h1H,3-9H2,(H,14,16). The van der Waals surface area contributed by atoms with Crippen LogP contribution >= 0.6 is 0 Å². The fourth-order valence-corrected chi connectivity index (χ4v) is 1.48. The van der Waals surface area contributed by atoms with E-state index in [4.69, 9.17) is 11.2 Å². The molecule has 0 aliphatic carbocycles. The maximum atomic E-state index is 11.4. The Morgan fingerprint density at radius 3 is 2.52 bits per heavy atom. The lowest BCUT2D eigenvalue weighted by molar-refractivity contribution is -0.198. The highest BCUT2D eigenvalue weighted by atomic mass is 16.7. The Morgan fingerprint density at radius 2 is 1.90 bits per heavy atom. The second-order valence-corrected chi connectivity index (χ2v) is 4.14. The number of terminal acetylenes is 1. The van der Waals surface area contributed by atoms with Gasteiger partial charge in [-0.05, 0) is 0 Å². The molecule has 0 unspecified atom stereocenters. The molecule has 114 valence electrons. The van der Waals surface area contributed by atoms with Gasteiger partial charge in [-0.1, -0.05) is 5.92 Å². The molecule has 0 bridgehead atoms. The summed E-state index contributed by atoms with van der Waals surface area (Å²) in [7, 11) is 0. The van der Waals surface area contributed by atoms with Crippen molar-refractivity contribution in [2.45, 2.75) is 25.7 Å². The second-order valence-electron chi connectivity index (χ2n) is 4.14. The SMILES string of the molecule is C#CCC(=O)NCCOCCC(=O)ON1C(=O)CCC1=O. The maximum absolute atomic E-state index is 11.4. The Labute approximate surface area is 121 Å². The molecule has 0 aromatic carbocycles. The van der Waals surface area contributed by atoms with E-state index in [0.29, 0.717) is 5.06 Å². The summed E-state index contributed by atoms with van der Waals surface area (Å²) in [6.07, 6.45) is 4.97. The van der Waals surface area contributed by atoms with Crippen molar-refractivity contribution in [2.24, 2.45) is 0 Å². The fraction of sp³-hybridized carbons (Fsp3) is 0.538. The molecular formula is C13H16N2O6. The number of hydrogen-bond donors (Lipinski definition) is 1. The van der Waals surface area contributed by atoms with E-state index in [1.54, 1.807) is 0 Å². The molecule has 0 saturated carbocycles. The molecule has 0 spiro atoms. The molecule has 8 heteroatoms. The van der Waals surface area contributed by atoms with Crippen LogP contribution in [0, 0.1) is 12.3 Å². The van der Waals surface area contributed by atoms with Gasteiger partial charge >= 0.3 is 5.97 Å². The number of carbonyl (C=O) groups excluding carboxylic acids is 4. The number of ether oxygens (including phenoxy) is 1. The lowest BCUT2D eigenvalue weighted by atomic mass is 10.4. The molecule has 1 N–H and O–H groups in total. The minimum absolute atomic E-state index is 0.00418. The van der Waals surface area contributed by atoms with Gasteiger partial charge in [-0.25, -0.2) is 4.79 Å². The summed E-state index contributed by atoms with van der Waals surface area (Å²) < 4.78 is 5.10. The Balaban J connectivity index is 2.06. The van der Waals surface area contributed by atoms with Gasteiger partial charge in [-0.3, -0.25) is 14.4 Å². The summed E-state index contributed by atoms with van der Waals surface area (Å²) in [5.74, 6) is 0.158. The molecule has 0 radical (unpaired) electrons. The van der Waals surface area contributed by atoms with E-state index in [1.807, 2.05) is 0 Å². The van der Waals surface area contributed by atoms with E-state index in [1.165, 1.54) is 0 Å². The summed E-state index contributed by atoms with van der Waals surface area (Å²) in [5, 5.41) is 3.01. The molecule has 1 saturated heterocycles. The first-order chi connectivity index (χ1) is 10.0. The van der Waals surface area contributed by atoms with Crippen LogP contribution in [0.3, 0.4) is 0 Å². The number of nitrogens with zero attached hydrogens (tertiary/aromatic N) is 1. The molecule has 1 heterocycles. The number of hydroxylamine groups is 2. The third-order valence-corrected chi connectivity index (χ3v) is 2.48. The predicted molar refractivity (Wildman–Crippen MR) is 69.1 cm³/mol. The van der Waals surface area contributed by atoms with E-state index < -0.39 is 17.8 Å². The van der Waals surface area contributed by atoms with Crippen LogP contribution in [0.1, 0.15) is 25.7 Å². The highest BCUT2D eigenvalue weighted by Crippen LogP contribution is 2.12. The van der Waals surface area contributed by atoms with Gasteiger partial charge in [0, 0.05) is 19.4 Å². The van der Waals surface area contributed by atoms with Crippen LogP contribution < -0.4 is 5.32 Å². The van der Waals surface area contributed by atoms with Gasteiger partial charge in [0.25, 0.3) is 11.8 Å². The largest absolute Gasteiger partial charge is 0.379 e. The second kappa shape index (κ2) is 8.71. The van der Waals surface area contributed by atoms with Gasteiger partial charge in [0.15, 0.2) is 0 Å². The van der Waals surface area contributed by atoms with Crippen molar-refractivity contribution in [1.82, 2.24) is 10.4 Å². The van der Waals surface area contributed by atoms with Crippen molar-refractivity contribution < 1.29 is 28.8 Å². The Morgan fingerprint density at radius 1 is 1.24 bits per heavy atom. The smallest absolute Gasteiger partial charge is 0.335 e. The molecule has 8 nitrogen and oxygen atoms in total. The molecule has 3 amide bonds. The monoisotopic (exact) mass is 296 g/mol. The molecule has 1 aliphatic heterocycles. The highest BCUT2D eigenvalue weighted by molar-refractivity contribution is 6.01. The van der Waals surface area contributed by atoms with Crippen molar-refractivity contribution in [2.75, 3.05) is 19.8 Å². The van der Waals surface area contributed by atoms with Crippen LogP contribution in [0.4, 0.5) is 0 Å². The lowest BCUT2D eigenvalue weighted by Crippen LogP contribution is -2.32. The number of nitrogens with one attached hydrogen (secondary N) is 1. The molecule has 0 aromatic rings. The minimum atomic E-state index is -0.727. The van der Waals surface area contributed by atoms with Crippen molar-refractivity contribution >= 4 is 23.7 Å². The Bertz CT molecular complexity index is 452. The first kappa shape index (κ1) is 16.7. The van der Waals surface area contributed by atoms with Crippen LogP contribution in [-0.4, -0.2) is 48.5 Å². The lowest BCUT2D eigenvalue weighted by Gasteiger charge is -2.12. The van der Waals surface area contributed by atoms with E-state index in [9.17, 15) is 19.2 Å². The molecule has 1 aliphatic rings. The first-order valence-electron chi connectivity index (χ1n) is 6.39. The van der Waals surface area contributed by atoms with Crippen LogP contribution in [0.2, 0.25) is 0 Å².